The molecule has 2 unspecified atom stereocenters. The fourth-order valence-corrected chi connectivity index (χ4v) is 2.29. The van der Waals surface area contributed by atoms with Gasteiger partial charge < -0.3 is 10.2 Å². The molecule has 17 heavy (non-hydrogen) atoms. The fourth-order valence-electron chi connectivity index (χ4n) is 2.29. The lowest BCUT2D eigenvalue weighted by molar-refractivity contribution is 0.293. The number of aryl methyl sites for hydroxylation is 1. The first-order valence-electron chi connectivity index (χ1n) is 6.26. The van der Waals surface area contributed by atoms with Crippen LogP contribution in [-0.2, 0) is 6.42 Å². The van der Waals surface area contributed by atoms with Gasteiger partial charge in [0, 0.05) is 18.6 Å². The lowest BCUT2D eigenvalue weighted by Gasteiger charge is -2.23. The highest BCUT2D eigenvalue weighted by Gasteiger charge is 2.22. The summed E-state index contributed by atoms with van der Waals surface area (Å²) in [7, 11) is 4.18. The van der Waals surface area contributed by atoms with Gasteiger partial charge in [-0.3, -0.25) is 0 Å². The molecule has 1 aromatic rings. The summed E-state index contributed by atoms with van der Waals surface area (Å²) in [5.41, 5.74) is 2.44. The van der Waals surface area contributed by atoms with Gasteiger partial charge in [0.25, 0.3) is 0 Å². The highest BCUT2D eigenvalue weighted by Crippen LogP contribution is 2.31. The molecule has 0 bridgehead atoms. The first kappa shape index (κ1) is 12.5. The first-order valence-corrected chi connectivity index (χ1v) is 6.26. The number of nitrogens with one attached hydrogen (secondary N) is 1. The van der Waals surface area contributed by atoms with E-state index >= 15 is 0 Å². The normalized spacial score (nSPS) is 20.6. The molecule has 0 radical (unpaired) electrons. The number of hydrogen-bond donors (Lipinski definition) is 1. The molecule has 94 valence electrons. The van der Waals surface area contributed by atoms with E-state index in [0.717, 1.165) is 19.4 Å². The van der Waals surface area contributed by atoms with Crippen molar-refractivity contribution in [2.24, 2.45) is 0 Å². The van der Waals surface area contributed by atoms with Gasteiger partial charge in [0.15, 0.2) is 0 Å². The van der Waals surface area contributed by atoms with Gasteiger partial charge in [-0.15, -0.1) is 0 Å². The van der Waals surface area contributed by atoms with Gasteiger partial charge in [-0.05, 0) is 57.1 Å². The lowest BCUT2D eigenvalue weighted by Crippen LogP contribution is -2.36. The van der Waals surface area contributed by atoms with Crippen molar-refractivity contribution >= 4 is 0 Å². The SMILES string of the molecule is CC(CNC1CCc2cc(F)ccc21)N(C)C. The predicted octanol–water partition coefficient (Wildman–Crippen LogP) is 2.35. The highest BCUT2D eigenvalue weighted by molar-refractivity contribution is 5.34. The van der Waals surface area contributed by atoms with E-state index in [9.17, 15) is 4.39 Å². The Morgan fingerprint density at radius 2 is 2.24 bits per heavy atom. The largest absolute Gasteiger partial charge is 0.308 e. The Balaban J connectivity index is 1.98. The van der Waals surface area contributed by atoms with Gasteiger partial charge in [0.05, 0.1) is 0 Å². The first-order chi connectivity index (χ1) is 8.08. The van der Waals surface area contributed by atoms with Crippen LogP contribution in [0.2, 0.25) is 0 Å². The fraction of sp³-hybridized carbons (Fsp3) is 0.571. The van der Waals surface area contributed by atoms with E-state index in [1.165, 1.54) is 11.1 Å². The van der Waals surface area contributed by atoms with Gasteiger partial charge in [0.2, 0.25) is 0 Å². The molecular formula is C14H21FN2. The zero-order chi connectivity index (χ0) is 12.4. The number of fused-ring (bicyclic) bond motifs is 1. The van der Waals surface area contributed by atoms with Crippen LogP contribution in [0.3, 0.4) is 0 Å². The molecule has 0 aromatic heterocycles. The molecule has 1 aromatic carbocycles. The van der Waals surface area contributed by atoms with E-state index in [4.69, 9.17) is 0 Å². The maximum atomic E-state index is 13.1. The van der Waals surface area contributed by atoms with Gasteiger partial charge in [-0.1, -0.05) is 6.07 Å². The van der Waals surface area contributed by atoms with Crippen LogP contribution in [0.15, 0.2) is 18.2 Å². The van der Waals surface area contributed by atoms with Crippen LogP contribution in [0.4, 0.5) is 4.39 Å². The topological polar surface area (TPSA) is 15.3 Å². The summed E-state index contributed by atoms with van der Waals surface area (Å²) in [5, 5.41) is 3.57. The Morgan fingerprint density at radius 3 is 2.94 bits per heavy atom. The second-order valence-corrected chi connectivity index (χ2v) is 5.16. The van der Waals surface area contributed by atoms with Crippen molar-refractivity contribution in [2.75, 3.05) is 20.6 Å². The Kier molecular flexibility index (Phi) is 3.79. The predicted molar refractivity (Wildman–Crippen MR) is 68.6 cm³/mol. The van der Waals surface area contributed by atoms with Gasteiger partial charge in [-0.25, -0.2) is 4.39 Å². The van der Waals surface area contributed by atoms with Gasteiger partial charge in [-0.2, -0.15) is 0 Å². The van der Waals surface area contributed by atoms with Crippen molar-refractivity contribution in [3.05, 3.63) is 35.1 Å². The van der Waals surface area contributed by atoms with Crippen molar-refractivity contribution in [2.45, 2.75) is 31.8 Å². The van der Waals surface area contributed by atoms with Crippen LogP contribution in [-0.4, -0.2) is 31.6 Å². The van der Waals surface area contributed by atoms with Crippen LogP contribution in [0.25, 0.3) is 0 Å². The summed E-state index contributed by atoms with van der Waals surface area (Å²) in [6.45, 7) is 3.17. The van der Waals surface area contributed by atoms with E-state index in [1.807, 2.05) is 6.07 Å². The Morgan fingerprint density at radius 1 is 1.47 bits per heavy atom. The number of likely N-dealkylation sites (N-methyl/N-ethyl adjacent to an activating group) is 1. The molecule has 1 aliphatic carbocycles. The standard InChI is InChI=1S/C14H21FN2/c1-10(17(2)3)9-16-14-7-4-11-8-12(15)5-6-13(11)14/h5-6,8,10,14,16H,4,7,9H2,1-3H3. The van der Waals surface area contributed by atoms with Crippen LogP contribution in [0, 0.1) is 5.82 Å². The van der Waals surface area contributed by atoms with E-state index in [0.29, 0.717) is 12.1 Å². The molecule has 2 atom stereocenters. The molecule has 1 aliphatic rings. The van der Waals surface area contributed by atoms with Gasteiger partial charge >= 0.3 is 0 Å². The third kappa shape index (κ3) is 2.85. The van der Waals surface area contributed by atoms with E-state index < -0.39 is 0 Å². The Labute approximate surface area is 103 Å². The minimum Gasteiger partial charge on any atom is -0.308 e. The second kappa shape index (κ2) is 5.15. The summed E-state index contributed by atoms with van der Waals surface area (Å²) < 4.78 is 13.1. The summed E-state index contributed by atoms with van der Waals surface area (Å²) in [6, 6.07) is 6.07. The Bertz CT molecular complexity index is 390. The third-order valence-electron chi connectivity index (χ3n) is 3.72. The number of benzene rings is 1. The van der Waals surface area contributed by atoms with E-state index in [1.54, 1.807) is 12.1 Å². The molecule has 2 rings (SSSR count). The third-order valence-corrected chi connectivity index (χ3v) is 3.72. The molecule has 0 spiro atoms. The van der Waals surface area contributed by atoms with Crippen molar-refractivity contribution in [3.63, 3.8) is 0 Å². The van der Waals surface area contributed by atoms with Crippen molar-refractivity contribution in [1.29, 1.82) is 0 Å². The zero-order valence-electron chi connectivity index (χ0n) is 10.8. The van der Waals surface area contributed by atoms with Crippen LogP contribution in [0.1, 0.15) is 30.5 Å². The monoisotopic (exact) mass is 236 g/mol. The highest BCUT2D eigenvalue weighted by atomic mass is 19.1. The van der Waals surface area contributed by atoms with Crippen molar-refractivity contribution in [1.82, 2.24) is 10.2 Å². The molecule has 0 heterocycles. The number of halogens is 1. The molecule has 0 amide bonds. The maximum Gasteiger partial charge on any atom is 0.123 e. The van der Waals surface area contributed by atoms with Crippen LogP contribution < -0.4 is 5.32 Å². The zero-order valence-corrected chi connectivity index (χ0v) is 10.8. The molecule has 1 N–H and O–H groups in total. The maximum absolute atomic E-state index is 13.1. The minimum absolute atomic E-state index is 0.119. The minimum atomic E-state index is -0.119. The summed E-state index contributed by atoms with van der Waals surface area (Å²) in [4.78, 5) is 2.20. The molecule has 0 aliphatic heterocycles. The van der Waals surface area contributed by atoms with Crippen molar-refractivity contribution in [3.8, 4) is 0 Å². The summed E-state index contributed by atoms with van der Waals surface area (Å²) >= 11 is 0. The Hall–Kier alpha value is -0.930. The van der Waals surface area contributed by atoms with Crippen LogP contribution in [0.5, 0.6) is 0 Å². The van der Waals surface area contributed by atoms with E-state index in [-0.39, 0.29) is 5.82 Å². The second-order valence-electron chi connectivity index (χ2n) is 5.16. The lowest BCUT2D eigenvalue weighted by atomic mass is 10.1. The molecular weight excluding hydrogens is 215 g/mol. The number of hydrogen-bond acceptors (Lipinski definition) is 2. The van der Waals surface area contributed by atoms with Crippen molar-refractivity contribution < 1.29 is 4.39 Å². The van der Waals surface area contributed by atoms with Gasteiger partial charge in [0.1, 0.15) is 5.82 Å². The summed E-state index contributed by atoms with van der Waals surface area (Å²) in [6.07, 6.45) is 2.07. The van der Waals surface area contributed by atoms with Crippen LogP contribution >= 0.6 is 0 Å². The quantitative estimate of drug-likeness (QED) is 0.863. The smallest absolute Gasteiger partial charge is 0.123 e. The summed E-state index contributed by atoms with van der Waals surface area (Å²) in [5.74, 6) is -0.119. The average molecular weight is 236 g/mol. The average Bonchev–Trinajstić information content (AvgIpc) is 2.67. The molecule has 0 saturated carbocycles. The number of nitrogens with zero attached hydrogens (tertiary/aromatic N) is 1. The molecule has 3 heteroatoms. The van der Waals surface area contributed by atoms with E-state index in [2.05, 4.69) is 31.2 Å². The number of rotatable bonds is 4. The molecule has 2 nitrogen and oxygen atoms in total. The molecule has 0 saturated heterocycles. The molecule has 0 fully saturated rings.